The van der Waals surface area contributed by atoms with Gasteiger partial charge in [0.2, 0.25) is 0 Å². The van der Waals surface area contributed by atoms with Crippen LogP contribution in [0.5, 0.6) is 0 Å². The minimum atomic E-state index is -0.175. The first-order valence-electron chi connectivity index (χ1n) is 4.44. The summed E-state index contributed by atoms with van der Waals surface area (Å²) in [6.45, 7) is 0. The number of thioether (sulfide) groups is 1. The van der Waals surface area contributed by atoms with Crippen LogP contribution in [0.4, 0.5) is 0 Å². The molecule has 1 atom stereocenters. The van der Waals surface area contributed by atoms with Crippen LogP contribution in [0.1, 0.15) is 5.56 Å². The van der Waals surface area contributed by atoms with Gasteiger partial charge in [0.1, 0.15) is 0 Å². The van der Waals surface area contributed by atoms with Crippen molar-refractivity contribution in [2.24, 2.45) is 10.7 Å². The maximum absolute atomic E-state index is 11.3. The lowest BCUT2D eigenvalue weighted by molar-refractivity contribution is -0.117. The van der Waals surface area contributed by atoms with Crippen molar-refractivity contribution in [1.82, 2.24) is 0 Å². The van der Waals surface area contributed by atoms with Crippen molar-refractivity contribution in [1.29, 1.82) is 0 Å². The average molecular weight is 241 g/mol. The summed E-state index contributed by atoms with van der Waals surface area (Å²) in [4.78, 5) is 15.0. The monoisotopic (exact) mass is 240 g/mol. The van der Waals surface area contributed by atoms with Crippen LogP contribution in [0.2, 0.25) is 5.02 Å². The number of nitrogens with two attached hydrogens (primary N) is 1. The van der Waals surface area contributed by atoms with Crippen LogP contribution in [0, 0.1) is 0 Å². The van der Waals surface area contributed by atoms with Gasteiger partial charge in [0, 0.05) is 5.02 Å². The van der Waals surface area contributed by atoms with Crippen LogP contribution in [0.3, 0.4) is 0 Å². The number of hydrogen-bond donors (Lipinski definition) is 1. The number of amidine groups is 1. The van der Waals surface area contributed by atoms with Gasteiger partial charge in [-0.25, -0.2) is 0 Å². The molecule has 1 amide bonds. The van der Waals surface area contributed by atoms with Crippen molar-refractivity contribution >= 4 is 34.4 Å². The van der Waals surface area contributed by atoms with Crippen molar-refractivity contribution in [3.63, 3.8) is 0 Å². The van der Waals surface area contributed by atoms with E-state index in [2.05, 4.69) is 4.99 Å². The summed E-state index contributed by atoms with van der Waals surface area (Å²) < 4.78 is 0. The van der Waals surface area contributed by atoms with Gasteiger partial charge in [0.15, 0.2) is 5.17 Å². The summed E-state index contributed by atoms with van der Waals surface area (Å²) in [5, 5.41) is 0.880. The molecule has 1 aliphatic rings. The topological polar surface area (TPSA) is 55.4 Å². The van der Waals surface area contributed by atoms with Gasteiger partial charge in [-0.15, -0.1) is 0 Å². The van der Waals surface area contributed by atoms with Crippen LogP contribution in [-0.4, -0.2) is 16.3 Å². The maximum Gasteiger partial charge on any atom is 0.261 e. The summed E-state index contributed by atoms with van der Waals surface area (Å²) >= 11 is 7.08. The summed E-state index contributed by atoms with van der Waals surface area (Å²) in [5.74, 6) is -0.146. The number of carbonyl (C=O) groups excluding carboxylic acids is 1. The molecule has 0 saturated carbocycles. The molecule has 1 aromatic rings. The highest BCUT2D eigenvalue weighted by Crippen LogP contribution is 2.24. The highest BCUT2D eigenvalue weighted by Gasteiger charge is 2.26. The second-order valence-electron chi connectivity index (χ2n) is 3.23. The zero-order chi connectivity index (χ0) is 10.8. The Bertz CT molecular complexity index is 416. The molecular weight excluding hydrogens is 232 g/mol. The van der Waals surface area contributed by atoms with Crippen molar-refractivity contribution < 1.29 is 4.79 Å². The number of nitrogens with zero attached hydrogens (tertiary/aromatic N) is 1. The first-order valence-corrected chi connectivity index (χ1v) is 5.70. The van der Waals surface area contributed by atoms with Crippen LogP contribution in [-0.2, 0) is 11.2 Å². The number of benzene rings is 1. The standard InChI is InChI=1S/C10H9ClN2OS/c11-7-3-1-6(2-4-7)5-8-9(14)13-10(12)15-8/h1-4,8H,5H2,(H2,12,13,14). The zero-order valence-electron chi connectivity index (χ0n) is 7.81. The molecule has 0 aliphatic carbocycles. The van der Waals surface area contributed by atoms with Gasteiger partial charge in [0.05, 0.1) is 5.25 Å². The van der Waals surface area contributed by atoms with Crippen LogP contribution < -0.4 is 5.73 Å². The fourth-order valence-electron chi connectivity index (χ4n) is 1.37. The third kappa shape index (κ3) is 2.52. The first kappa shape index (κ1) is 10.5. The van der Waals surface area contributed by atoms with Crippen LogP contribution in [0.15, 0.2) is 29.3 Å². The second-order valence-corrected chi connectivity index (χ2v) is 4.88. The predicted molar refractivity (Wildman–Crippen MR) is 63.2 cm³/mol. The Morgan fingerprint density at radius 1 is 1.40 bits per heavy atom. The van der Waals surface area contributed by atoms with Gasteiger partial charge in [-0.2, -0.15) is 4.99 Å². The van der Waals surface area contributed by atoms with Gasteiger partial charge in [-0.1, -0.05) is 35.5 Å². The van der Waals surface area contributed by atoms with E-state index in [-0.39, 0.29) is 11.2 Å². The summed E-state index contributed by atoms with van der Waals surface area (Å²) in [7, 11) is 0. The highest BCUT2D eigenvalue weighted by atomic mass is 35.5. The van der Waals surface area contributed by atoms with E-state index in [0.29, 0.717) is 16.6 Å². The molecule has 0 fully saturated rings. The molecular formula is C10H9ClN2OS. The number of hydrogen-bond acceptors (Lipinski definition) is 3. The summed E-state index contributed by atoms with van der Waals surface area (Å²) in [5.41, 5.74) is 6.53. The second kappa shape index (κ2) is 4.24. The van der Waals surface area contributed by atoms with Gasteiger partial charge in [0.25, 0.3) is 5.91 Å². The van der Waals surface area contributed by atoms with Crippen molar-refractivity contribution in [3.8, 4) is 0 Å². The van der Waals surface area contributed by atoms with Crippen LogP contribution in [0.25, 0.3) is 0 Å². The lowest BCUT2D eigenvalue weighted by Crippen LogP contribution is -2.14. The summed E-state index contributed by atoms with van der Waals surface area (Å²) in [6.07, 6.45) is 0.644. The first-order chi connectivity index (χ1) is 7.15. The largest absolute Gasteiger partial charge is 0.378 e. The quantitative estimate of drug-likeness (QED) is 0.858. The van der Waals surface area contributed by atoms with E-state index < -0.39 is 0 Å². The Labute approximate surface area is 96.7 Å². The Balaban J connectivity index is 2.04. The van der Waals surface area contributed by atoms with E-state index in [1.165, 1.54) is 11.8 Å². The van der Waals surface area contributed by atoms with Crippen molar-refractivity contribution in [2.75, 3.05) is 0 Å². The molecule has 3 nitrogen and oxygen atoms in total. The Kier molecular flexibility index (Phi) is 2.98. The van der Waals surface area contributed by atoms with E-state index in [0.717, 1.165) is 5.56 Å². The molecule has 0 saturated heterocycles. The minimum absolute atomic E-state index is 0.146. The average Bonchev–Trinajstić information content (AvgIpc) is 2.49. The van der Waals surface area contributed by atoms with E-state index >= 15 is 0 Å². The Hall–Kier alpha value is -1.000. The lowest BCUT2D eigenvalue weighted by atomic mass is 10.1. The fourth-order valence-corrected chi connectivity index (χ4v) is 2.36. The van der Waals surface area contributed by atoms with Crippen LogP contribution >= 0.6 is 23.4 Å². The predicted octanol–water partition coefficient (Wildman–Crippen LogP) is 1.84. The number of rotatable bonds is 2. The molecule has 2 rings (SSSR count). The zero-order valence-corrected chi connectivity index (χ0v) is 9.39. The van der Waals surface area contributed by atoms with Gasteiger partial charge in [-0.3, -0.25) is 4.79 Å². The third-order valence-electron chi connectivity index (χ3n) is 2.09. The number of carbonyl (C=O) groups is 1. The van der Waals surface area contributed by atoms with Gasteiger partial charge >= 0.3 is 0 Å². The van der Waals surface area contributed by atoms with E-state index in [4.69, 9.17) is 17.3 Å². The fraction of sp³-hybridized carbons (Fsp3) is 0.200. The number of halogens is 1. The smallest absolute Gasteiger partial charge is 0.261 e. The van der Waals surface area contributed by atoms with Crippen molar-refractivity contribution in [3.05, 3.63) is 34.9 Å². The molecule has 0 spiro atoms. The van der Waals surface area contributed by atoms with E-state index in [1.54, 1.807) is 0 Å². The summed E-state index contributed by atoms with van der Waals surface area (Å²) in [6, 6.07) is 7.44. The van der Waals surface area contributed by atoms with Gasteiger partial charge < -0.3 is 5.73 Å². The number of aliphatic imine (C=N–C) groups is 1. The molecule has 1 aromatic carbocycles. The maximum atomic E-state index is 11.3. The molecule has 1 aliphatic heterocycles. The van der Waals surface area contributed by atoms with Gasteiger partial charge in [-0.05, 0) is 24.1 Å². The molecule has 0 aromatic heterocycles. The van der Waals surface area contributed by atoms with Crippen molar-refractivity contribution in [2.45, 2.75) is 11.7 Å². The SMILES string of the molecule is NC1=NC(=O)C(Cc2ccc(Cl)cc2)S1. The molecule has 1 unspecified atom stereocenters. The molecule has 1 heterocycles. The Morgan fingerprint density at radius 3 is 2.60 bits per heavy atom. The number of amides is 1. The highest BCUT2D eigenvalue weighted by molar-refractivity contribution is 8.15. The third-order valence-corrected chi connectivity index (χ3v) is 3.33. The molecule has 0 bridgehead atoms. The van der Waals surface area contributed by atoms with E-state index in [9.17, 15) is 4.79 Å². The lowest BCUT2D eigenvalue weighted by Gasteiger charge is -2.05. The Morgan fingerprint density at radius 2 is 2.07 bits per heavy atom. The molecule has 0 radical (unpaired) electrons. The minimum Gasteiger partial charge on any atom is -0.378 e. The molecule has 2 N–H and O–H groups in total. The normalized spacial score (nSPS) is 20.5. The molecule has 5 heteroatoms. The molecule has 78 valence electrons. The molecule has 15 heavy (non-hydrogen) atoms. The van der Waals surface area contributed by atoms with E-state index in [1.807, 2.05) is 24.3 Å².